The molecule has 1 aromatic heterocycles. The van der Waals surface area contributed by atoms with Crippen LogP contribution in [0.4, 0.5) is 0 Å². The molecule has 3 aromatic carbocycles. The van der Waals surface area contributed by atoms with Crippen molar-refractivity contribution in [2.75, 3.05) is 26.4 Å². The predicted octanol–water partition coefficient (Wildman–Crippen LogP) is 5.93. The fourth-order valence-electron chi connectivity index (χ4n) is 3.59. The molecule has 0 bridgehead atoms. The van der Waals surface area contributed by atoms with Crippen molar-refractivity contribution in [3.63, 3.8) is 0 Å². The van der Waals surface area contributed by atoms with E-state index >= 15 is 0 Å². The van der Waals surface area contributed by atoms with Crippen molar-refractivity contribution >= 4 is 27.5 Å². The number of aromatic nitrogens is 1. The molecule has 0 N–H and O–H groups in total. The number of nitrogens with zero attached hydrogens (tertiary/aromatic N) is 1. The van der Waals surface area contributed by atoms with Crippen molar-refractivity contribution < 1.29 is 23.7 Å². The van der Waals surface area contributed by atoms with Gasteiger partial charge in [-0.3, -0.25) is 0 Å². The summed E-state index contributed by atoms with van der Waals surface area (Å²) in [5.74, 6) is 1.20. The molecule has 0 radical (unpaired) electrons. The summed E-state index contributed by atoms with van der Waals surface area (Å²) in [6, 6.07) is 23.7. The Morgan fingerprint density at radius 1 is 0.857 bits per heavy atom. The van der Waals surface area contributed by atoms with Crippen LogP contribution in [0.5, 0.6) is 11.5 Å². The minimum Gasteiger partial charge on any atom is -0.490 e. The lowest BCUT2D eigenvalue weighted by Gasteiger charge is -2.16. The zero-order chi connectivity index (χ0) is 24.5. The van der Waals surface area contributed by atoms with Gasteiger partial charge in [-0.05, 0) is 67.9 Å². The van der Waals surface area contributed by atoms with Crippen molar-refractivity contribution in [2.24, 2.45) is 0 Å². The van der Waals surface area contributed by atoms with Crippen LogP contribution in [0.15, 0.2) is 72.8 Å². The second kappa shape index (κ2) is 12.3. The largest absolute Gasteiger partial charge is 0.490 e. The number of fused-ring (bicyclic) bond motifs is 1. The monoisotopic (exact) mass is 491 g/mol. The Hall–Kier alpha value is -3.42. The molecular formula is C28H29NO5S. The number of hydrogen-bond acceptors (Lipinski definition) is 7. The summed E-state index contributed by atoms with van der Waals surface area (Å²) in [6.45, 7) is 5.29. The molecule has 0 saturated heterocycles. The highest BCUT2D eigenvalue weighted by Gasteiger charge is 2.20. The third-order valence-electron chi connectivity index (χ3n) is 5.28. The molecule has 0 fully saturated rings. The molecule has 1 atom stereocenters. The molecule has 0 saturated carbocycles. The number of hydrogen-bond donors (Lipinski definition) is 0. The molecule has 1 heterocycles. The van der Waals surface area contributed by atoms with Crippen LogP contribution in [0.1, 0.15) is 19.4 Å². The SMILES string of the molecule is CCOC(=O)[C@H](Cc1ccc(OCCOc2ccc(-c3nc4ccccc4s3)cc2)cc1)OCC. The van der Waals surface area contributed by atoms with Gasteiger partial charge in [0.1, 0.15) is 29.7 Å². The van der Waals surface area contributed by atoms with Crippen LogP contribution in [-0.4, -0.2) is 43.5 Å². The Labute approximate surface area is 209 Å². The molecule has 4 aromatic rings. The van der Waals surface area contributed by atoms with Gasteiger partial charge in [0.2, 0.25) is 0 Å². The van der Waals surface area contributed by atoms with Gasteiger partial charge in [0, 0.05) is 18.6 Å². The number of thiazole rings is 1. The fraction of sp³-hybridized carbons (Fsp3) is 0.286. The maximum atomic E-state index is 12.0. The Morgan fingerprint density at radius 3 is 2.14 bits per heavy atom. The molecule has 0 aliphatic heterocycles. The second-order valence-corrected chi connectivity index (χ2v) is 8.78. The Kier molecular flexibility index (Phi) is 8.70. The highest BCUT2D eigenvalue weighted by atomic mass is 32.1. The van der Waals surface area contributed by atoms with Gasteiger partial charge in [0.25, 0.3) is 0 Å². The first-order valence-electron chi connectivity index (χ1n) is 11.7. The number of para-hydroxylation sites is 1. The number of rotatable bonds is 12. The van der Waals surface area contributed by atoms with E-state index in [0.717, 1.165) is 33.2 Å². The van der Waals surface area contributed by atoms with Crippen molar-refractivity contribution in [3.8, 4) is 22.1 Å². The van der Waals surface area contributed by atoms with Crippen molar-refractivity contribution in [2.45, 2.75) is 26.4 Å². The second-order valence-electron chi connectivity index (χ2n) is 7.75. The van der Waals surface area contributed by atoms with E-state index in [-0.39, 0.29) is 5.97 Å². The first-order valence-corrected chi connectivity index (χ1v) is 12.6. The molecule has 4 rings (SSSR count). The molecular weight excluding hydrogens is 462 g/mol. The summed E-state index contributed by atoms with van der Waals surface area (Å²) in [4.78, 5) is 16.7. The average Bonchev–Trinajstić information content (AvgIpc) is 3.32. The van der Waals surface area contributed by atoms with E-state index in [4.69, 9.17) is 23.9 Å². The molecule has 7 heteroatoms. The zero-order valence-electron chi connectivity index (χ0n) is 19.9. The van der Waals surface area contributed by atoms with Crippen LogP contribution in [0.2, 0.25) is 0 Å². The van der Waals surface area contributed by atoms with Crippen LogP contribution < -0.4 is 9.47 Å². The molecule has 0 aliphatic rings. The molecule has 35 heavy (non-hydrogen) atoms. The normalized spacial score (nSPS) is 11.8. The Balaban J connectivity index is 1.23. The number of benzene rings is 3. The van der Waals surface area contributed by atoms with Gasteiger partial charge >= 0.3 is 5.97 Å². The lowest BCUT2D eigenvalue weighted by atomic mass is 10.1. The Morgan fingerprint density at radius 2 is 1.51 bits per heavy atom. The number of carbonyl (C=O) groups is 1. The fourth-order valence-corrected chi connectivity index (χ4v) is 4.56. The van der Waals surface area contributed by atoms with Gasteiger partial charge < -0.3 is 18.9 Å². The zero-order valence-corrected chi connectivity index (χ0v) is 20.8. The van der Waals surface area contributed by atoms with Gasteiger partial charge in [0.05, 0.1) is 16.8 Å². The van der Waals surface area contributed by atoms with E-state index in [9.17, 15) is 4.79 Å². The van der Waals surface area contributed by atoms with E-state index in [2.05, 4.69) is 6.07 Å². The third kappa shape index (κ3) is 6.81. The molecule has 0 amide bonds. The minimum atomic E-state index is -0.596. The average molecular weight is 492 g/mol. The van der Waals surface area contributed by atoms with Crippen molar-refractivity contribution in [1.82, 2.24) is 4.98 Å². The maximum absolute atomic E-state index is 12.0. The van der Waals surface area contributed by atoms with E-state index < -0.39 is 6.10 Å². The summed E-state index contributed by atoms with van der Waals surface area (Å²) < 4.78 is 23.4. The van der Waals surface area contributed by atoms with E-state index in [1.54, 1.807) is 18.3 Å². The van der Waals surface area contributed by atoms with Crippen molar-refractivity contribution in [3.05, 3.63) is 78.4 Å². The first kappa shape index (κ1) is 24.7. The summed E-state index contributed by atoms with van der Waals surface area (Å²) in [5, 5.41) is 0.999. The standard InChI is InChI=1S/C28H29NO5S/c1-3-31-25(28(30)32-4-2)19-20-9-13-22(14-10-20)33-17-18-34-23-15-11-21(12-16-23)27-29-24-7-5-6-8-26(24)35-27/h5-16,25H,3-4,17-19H2,1-2H3/t25-/m0/s1. The van der Waals surface area contributed by atoms with Gasteiger partial charge in [-0.25, -0.2) is 9.78 Å². The predicted molar refractivity (Wildman–Crippen MR) is 138 cm³/mol. The van der Waals surface area contributed by atoms with Crippen LogP contribution in [-0.2, 0) is 20.7 Å². The van der Waals surface area contributed by atoms with Crippen molar-refractivity contribution in [1.29, 1.82) is 0 Å². The van der Waals surface area contributed by atoms with E-state index in [1.165, 1.54) is 4.70 Å². The molecule has 0 spiro atoms. The third-order valence-corrected chi connectivity index (χ3v) is 6.36. The van der Waals surface area contributed by atoms with Crippen LogP contribution in [0.25, 0.3) is 20.8 Å². The molecule has 0 unspecified atom stereocenters. The lowest BCUT2D eigenvalue weighted by molar-refractivity contribution is -0.156. The molecule has 0 aliphatic carbocycles. The number of carbonyl (C=O) groups excluding carboxylic acids is 1. The van der Waals surface area contributed by atoms with Crippen LogP contribution in [0, 0.1) is 0 Å². The summed E-state index contributed by atoms with van der Waals surface area (Å²) >= 11 is 1.68. The number of esters is 1. The maximum Gasteiger partial charge on any atom is 0.335 e. The topological polar surface area (TPSA) is 66.9 Å². The van der Waals surface area contributed by atoms with Gasteiger partial charge in [0.15, 0.2) is 6.10 Å². The van der Waals surface area contributed by atoms with E-state index in [1.807, 2.05) is 73.7 Å². The molecule has 6 nitrogen and oxygen atoms in total. The number of ether oxygens (including phenoxy) is 4. The van der Waals surface area contributed by atoms with Gasteiger partial charge in [-0.15, -0.1) is 11.3 Å². The molecule has 182 valence electrons. The Bertz CT molecular complexity index is 1190. The summed E-state index contributed by atoms with van der Waals surface area (Å²) in [5.41, 5.74) is 3.07. The smallest absolute Gasteiger partial charge is 0.335 e. The van der Waals surface area contributed by atoms with Crippen LogP contribution in [0.3, 0.4) is 0 Å². The van der Waals surface area contributed by atoms with Crippen LogP contribution >= 0.6 is 11.3 Å². The quantitative estimate of drug-likeness (QED) is 0.181. The minimum absolute atomic E-state index is 0.333. The highest BCUT2D eigenvalue weighted by Crippen LogP contribution is 2.30. The van der Waals surface area contributed by atoms with Gasteiger partial charge in [-0.1, -0.05) is 24.3 Å². The highest BCUT2D eigenvalue weighted by molar-refractivity contribution is 7.21. The van der Waals surface area contributed by atoms with E-state index in [0.29, 0.717) is 32.8 Å². The van der Waals surface area contributed by atoms with Gasteiger partial charge in [-0.2, -0.15) is 0 Å². The summed E-state index contributed by atoms with van der Waals surface area (Å²) in [7, 11) is 0. The lowest BCUT2D eigenvalue weighted by Crippen LogP contribution is -2.28. The summed E-state index contributed by atoms with van der Waals surface area (Å²) in [6.07, 6.45) is -0.135. The first-order chi connectivity index (χ1) is 17.2.